The van der Waals surface area contributed by atoms with Gasteiger partial charge in [-0.3, -0.25) is 9.59 Å². The highest BCUT2D eigenvalue weighted by Crippen LogP contribution is 2.37. The van der Waals surface area contributed by atoms with Crippen molar-refractivity contribution >= 4 is 35.1 Å². The van der Waals surface area contributed by atoms with Crippen LogP contribution in [-0.2, 0) is 45.4 Å². The van der Waals surface area contributed by atoms with Crippen molar-refractivity contribution in [2.45, 2.75) is 78.0 Å². The van der Waals surface area contributed by atoms with Crippen LogP contribution in [0.4, 0.5) is 0 Å². The van der Waals surface area contributed by atoms with Gasteiger partial charge < -0.3 is 59.5 Å². The van der Waals surface area contributed by atoms with E-state index in [9.17, 15) is 19.8 Å². The van der Waals surface area contributed by atoms with Crippen molar-refractivity contribution in [2.24, 2.45) is 11.8 Å². The molecular weight excluding hydrogens is 867 g/mol. The molecule has 4 aromatic rings. The molecule has 0 radical (unpaired) electrons. The van der Waals surface area contributed by atoms with E-state index in [0.29, 0.717) is 85.8 Å². The van der Waals surface area contributed by atoms with Crippen LogP contribution in [0.2, 0.25) is 10.0 Å². The maximum absolute atomic E-state index is 11.0. The van der Waals surface area contributed by atoms with Gasteiger partial charge in [0.1, 0.15) is 36.2 Å². The van der Waals surface area contributed by atoms with Gasteiger partial charge in [-0.15, -0.1) is 0 Å². The fraction of sp³-hybridized carbons (Fsp3) is 0.458. The van der Waals surface area contributed by atoms with Crippen molar-refractivity contribution in [3.8, 4) is 34.1 Å². The van der Waals surface area contributed by atoms with E-state index < -0.39 is 24.1 Å². The molecule has 6 N–H and O–H groups in total. The second kappa shape index (κ2) is 24.0. The number of carboxylic acid groups (broad SMARTS) is 2. The third kappa shape index (κ3) is 14.2. The van der Waals surface area contributed by atoms with Crippen LogP contribution in [0.15, 0.2) is 60.7 Å². The fourth-order valence-electron chi connectivity index (χ4n) is 7.63. The molecule has 2 aliphatic heterocycles. The first-order chi connectivity index (χ1) is 30.8. The van der Waals surface area contributed by atoms with E-state index >= 15 is 0 Å². The molecule has 0 spiro atoms. The summed E-state index contributed by atoms with van der Waals surface area (Å²) in [4.78, 5) is 22.0. The van der Waals surface area contributed by atoms with E-state index in [0.717, 1.165) is 57.3 Å². The number of hydrogen-bond donors (Lipinski definition) is 6. The number of aliphatic hydroxyl groups is 2. The Balaban J connectivity index is 1.14. The molecule has 64 heavy (non-hydrogen) atoms. The van der Waals surface area contributed by atoms with Gasteiger partial charge in [0.05, 0.1) is 61.5 Å². The maximum Gasteiger partial charge on any atom is 0.306 e. The van der Waals surface area contributed by atoms with Crippen LogP contribution in [0.25, 0.3) is 11.1 Å². The molecule has 4 aromatic carbocycles. The monoisotopic (exact) mass is 924 g/mol. The van der Waals surface area contributed by atoms with E-state index in [2.05, 4.69) is 36.6 Å². The lowest BCUT2D eigenvalue weighted by Gasteiger charge is -2.20. The molecule has 0 aliphatic carbocycles. The second-order valence-corrected chi connectivity index (χ2v) is 17.2. The molecule has 0 amide bonds. The molecule has 346 valence electrons. The molecule has 2 heterocycles. The average molecular weight is 926 g/mol. The predicted molar refractivity (Wildman–Crippen MR) is 242 cm³/mol. The third-order valence-corrected chi connectivity index (χ3v) is 12.0. The Labute approximate surface area is 383 Å². The molecule has 16 heteroatoms. The summed E-state index contributed by atoms with van der Waals surface area (Å²) in [5, 5.41) is 45.1. The lowest BCUT2D eigenvalue weighted by Crippen LogP contribution is -2.28. The van der Waals surface area contributed by atoms with Gasteiger partial charge >= 0.3 is 11.9 Å². The van der Waals surface area contributed by atoms with Crippen LogP contribution >= 0.6 is 23.2 Å². The summed E-state index contributed by atoms with van der Waals surface area (Å²) in [6, 6.07) is 19.3. The summed E-state index contributed by atoms with van der Waals surface area (Å²) in [5.41, 5.74) is 7.58. The summed E-state index contributed by atoms with van der Waals surface area (Å²) in [7, 11) is 0. The van der Waals surface area contributed by atoms with E-state index in [-0.39, 0.29) is 51.0 Å². The zero-order valence-electron chi connectivity index (χ0n) is 36.2. The zero-order chi connectivity index (χ0) is 45.6. The van der Waals surface area contributed by atoms with E-state index in [1.807, 2.05) is 24.3 Å². The Hall–Kier alpha value is -4.64. The van der Waals surface area contributed by atoms with Gasteiger partial charge in [0, 0.05) is 74.5 Å². The van der Waals surface area contributed by atoms with Gasteiger partial charge in [-0.2, -0.15) is 0 Å². The number of ether oxygens (including phenoxy) is 6. The van der Waals surface area contributed by atoms with Crippen molar-refractivity contribution in [1.29, 1.82) is 0 Å². The molecule has 2 fully saturated rings. The highest BCUT2D eigenvalue weighted by molar-refractivity contribution is 6.32. The van der Waals surface area contributed by atoms with Crippen LogP contribution < -0.4 is 29.6 Å². The molecule has 4 atom stereocenters. The SMILES string of the molecule is Cc1c(COc2cc(OCC3CCOC3)c(CNC[C@@H](O)CC(=O)O)cc2Cl)cccc1-c1cccc(COc2cc(OCC3CCOC3)c(CNC[C@@H](O)CC(=O)O)cc2Cl)c1C. The number of halogens is 2. The molecule has 0 saturated carbocycles. The maximum atomic E-state index is 11.0. The van der Waals surface area contributed by atoms with Crippen molar-refractivity contribution in [1.82, 2.24) is 10.6 Å². The Kier molecular flexibility index (Phi) is 18.3. The van der Waals surface area contributed by atoms with Crippen molar-refractivity contribution in [3.05, 3.63) is 104 Å². The van der Waals surface area contributed by atoms with Gasteiger partial charge in [0.2, 0.25) is 0 Å². The molecule has 2 unspecified atom stereocenters. The molecular formula is C48H58Cl2N2O12. The summed E-state index contributed by atoms with van der Waals surface area (Å²) < 4.78 is 36.3. The topological polar surface area (TPSA) is 194 Å². The van der Waals surface area contributed by atoms with Crippen LogP contribution in [0.1, 0.15) is 59.1 Å². The number of benzene rings is 4. The van der Waals surface area contributed by atoms with Crippen LogP contribution in [0.5, 0.6) is 23.0 Å². The minimum Gasteiger partial charge on any atom is -0.493 e. The standard InChI is InChI=1S/C48H58Cl2N2O12/c1-29-33(27-63-45-17-43(61-25-31-9-11-59-23-31)35(13-41(45)49)19-51-21-37(53)15-47(55)56)5-3-7-39(29)40-8-4-6-34(30(40)2)28-64-46-18-44(62-26-32-10-12-60-24-32)36(14-42(46)50)20-52-22-38(54)16-48(57)58/h3-8,13-14,17-18,31-32,37-38,51-54H,9-12,15-16,19-28H2,1-2H3,(H,55,56)(H,57,58)/t31?,32?,37-,38-/m0/s1. The zero-order valence-corrected chi connectivity index (χ0v) is 37.7. The summed E-state index contributed by atoms with van der Waals surface area (Å²) >= 11 is 13.6. The van der Waals surface area contributed by atoms with Gasteiger partial charge in [-0.25, -0.2) is 0 Å². The predicted octanol–water partition coefficient (Wildman–Crippen LogP) is 7.12. The first kappa shape index (κ1) is 48.8. The van der Waals surface area contributed by atoms with E-state index in [4.69, 9.17) is 61.8 Å². The summed E-state index contributed by atoms with van der Waals surface area (Å²) in [5.74, 6) is 0.424. The summed E-state index contributed by atoms with van der Waals surface area (Å²) in [6.45, 7) is 8.91. The first-order valence-corrected chi connectivity index (χ1v) is 22.3. The minimum absolute atomic E-state index is 0.0885. The molecule has 0 aromatic heterocycles. The van der Waals surface area contributed by atoms with Crippen LogP contribution in [0, 0.1) is 25.7 Å². The van der Waals surface area contributed by atoms with Crippen molar-refractivity contribution in [3.63, 3.8) is 0 Å². The smallest absolute Gasteiger partial charge is 0.306 e. The molecule has 2 saturated heterocycles. The quantitative estimate of drug-likeness (QED) is 0.0394. The van der Waals surface area contributed by atoms with Crippen LogP contribution in [0.3, 0.4) is 0 Å². The van der Waals surface area contributed by atoms with Gasteiger partial charge in [0.15, 0.2) is 0 Å². The number of aliphatic hydroxyl groups excluding tert-OH is 2. The number of rotatable bonds is 25. The number of aliphatic carboxylic acids is 2. The highest BCUT2D eigenvalue weighted by Gasteiger charge is 2.22. The van der Waals surface area contributed by atoms with Crippen molar-refractivity contribution < 1.29 is 58.4 Å². The number of nitrogens with one attached hydrogen (secondary N) is 2. The third-order valence-electron chi connectivity index (χ3n) is 11.4. The Morgan fingerprint density at radius 3 is 1.44 bits per heavy atom. The summed E-state index contributed by atoms with van der Waals surface area (Å²) in [6.07, 6.45) is -0.992. The van der Waals surface area contributed by atoms with Gasteiger partial charge in [0.25, 0.3) is 0 Å². The number of carbonyl (C=O) groups is 2. The molecule has 0 bridgehead atoms. The van der Waals surface area contributed by atoms with E-state index in [1.165, 1.54) is 0 Å². The van der Waals surface area contributed by atoms with E-state index in [1.54, 1.807) is 24.3 Å². The minimum atomic E-state index is -1.07. The van der Waals surface area contributed by atoms with Gasteiger partial charge in [-0.05, 0) is 72.2 Å². The molecule has 2 aliphatic rings. The number of hydrogen-bond acceptors (Lipinski definition) is 12. The molecule has 14 nitrogen and oxygen atoms in total. The number of carboxylic acids is 2. The highest BCUT2D eigenvalue weighted by atomic mass is 35.5. The average Bonchev–Trinajstić information content (AvgIpc) is 3.98. The Morgan fingerprint density at radius 1 is 0.641 bits per heavy atom. The normalized spacial score (nSPS) is 17.0. The van der Waals surface area contributed by atoms with Crippen LogP contribution in [-0.4, -0.2) is 97.3 Å². The molecule has 6 rings (SSSR count). The van der Waals surface area contributed by atoms with Crippen molar-refractivity contribution in [2.75, 3.05) is 52.7 Å². The largest absolute Gasteiger partial charge is 0.493 e. The fourth-order valence-corrected chi connectivity index (χ4v) is 8.11. The lowest BCUT2D eigenvalue weighted by molar-refractivity contribution is -0.140. The Morgan fingerprint density at radius 2 is 1.06 bits per heavy atom. The van der Waals surface area contributed by atoms with Gasteiger partial charge in [-0.1, -0.05) is 59.6 Å². The lowest BCUT2D eigenvalue weighted by atomic mass is 9.92. The second-order valence-electron chi connectivity index (χ2n) is 16.4. The Bertz CT molecular complexity index is 2040. The first-order valence-electron chi connectivity index (χ1n) is 21.5.